The van der Waals surface area contributed by atoms with Crippen LogP contribution in [-0.2, 0) is 0 Å². The zero-order valence-electron chi connectivity index (χ0n) is 16.6. The molecule has 4 rings (SSSR count). The fraction of sp³-hybridized carbons (Fsp3) is 0.0909. The zero-order valence-corrected chi connectivity index (χ0v) is 17.4. The molecule has 1 N–H and O–H groups in total. The molecule has 2 heterocycles. The summed E-state index contributed by atoms with van der Waals surface area (Å²) >= 11 is 1.34. The molecule has 0 aliphatic rings. The lowest BCUT2D eigenvalue weighted by Gasteiger charge is -2.11. The largest absolute Gasteiger partial charge is 0.489 e. The molecule has 0 spiro atoms. The minimum absolute atomic E-state index is 0.301. The van der Waals surface area contributed by atoms with E-state index in [0.29, 0.717) is 46.3 Å². The topological polar surface area (TPSA) is 99.4 Å². The molecule has 2 aromatic heterocycles. The first kappa shape index (κ1) is 20.3. The predicted molar refractivity (Wildman–Crippen MR) is 117 cm³/mol. The molecular weight excluding hydrogens is 416 g/mol. The van der Waals surface area contributed by atoms with Crippen LogP contribution in [0.3, 0.4) is 0 Å². The van der Waals surface area contributed by atoms with Crippen LogP contribution in [0.5, 0.6) is 17.2 Å². The van der Waals surface area contributed by atoms with Crippen molar-refractivity contribution >= 4 is 22.4 Å². The Hall–Kier alpha value is -3.98. The van der Waals surface area contributed by atoms with Crippen molar-refractivity contribution in [1.82, 2.24) is 15.2 Å². The minimum atomic E-state index is -0.314. The van der Waals surface area contributed by atoms with E-state index < -0.39 is 0 Å². The van der Waals surface area contributed by atoms with Gasteiger partial charge in [0.1, 0.15) is 23.9 Å². The standard InChI is InChI=1S/C22H18N4O4S/c1-3-9-28-18-11-16(20(27)24-22-23-8-10-31-22)12-19(13-18)30-17-6-4-15(5-7-17)21-26-25-14(2)29-21/h3-8,10-13H,1,9H2,2H3,(H,23,24,27). The number of nitrogens with zero attached hydrogens (tertiary/aromatic N) is 3. The lowest BCUT2D eigenvalue weighted by Crippen LogP contribution is -2.12. The Kier molecular flexibility index (Phi) is 6.04. The second-order valence-corrected chi connectivity index (χ2v) is 7.23. The molecule has 0 radical (unpaired) electrons. The number of rotatable bonds is 8. The molecule has 4 aromatic rings. The molecule has 156 valence electrons. The number of anilines is 1. The van der Waals surface area contributed by atoms with Crippen molar-refractivity contribution in [3.05, 3.63) is 78.2 Å². The van der Waals surface area contributed by atoms with Gasteiger partial charge in [-0.25, -0.2) is 4.98 Å². The van der Waals surface area contributed by atoms with Crippen molar-refractivity contribution in [1.29, 1.82) is 0 Å². The maximum atomic E-state index is 12.6. The first-order chi connectivity index (χ1) is 15.1. The average molecular weight is 434 g/mol. The second kappa shape index (κ2) is 9.23. The Morgan fingerprint density at radius 3 is 2.65 bits per heavy atom. The predicted octanol–water partition coefficient (Wildman–Crippen LogP) is 5.11. The van der Waals surface area contributed by atoms with E-state index in [9.17, 15) is 4.79 Å². The fourth-order valence-electron chi connectivity index (χ4n) is 2.67. The first-order valence-corrected chi connectivity index (χ1v) is 10.2. The molecular formula is C22H18N4O4S. The van der Waals surface area contributed by atoms with Gasteiger partial charge in [0.2, 0.25) is 11.8 Å². The Bertz CT molecular complexity index is 1190. The molecule has 8 nitrogen and oxygen atoms in total. The SMILES string of the molecule is C=CCOc1cc(Oc2ccc(-c3nnc(C)o3)cc2)cc(C(=O)Nc2nccs2)c1. The van der Waals surface area contributed by atoms with Crippen molar-refractivity contribution in [3.8, 4) is 28.7 Å². The normalized spacial score (nSPS) is 10.5. The van der Waals surface area contributed by atoms with Crippen LogP contribution in [-0.4, -0.2) is 27.7 Å². The van der Waals surface area contributed by atoms with Crippen LogP contribution >= 0.6 is 11.3 Å². The fourth-order valence-corrected chi connectivity index (χ4v) is 3.19. The Labute approximate surface area is 182 Å². The van der Waals surface area contributed by atoms with Gasteiger partial charge in [-0.1, -0.05) is 12.7 Å². The van der Waals surface area contributed by atoms with Gasteiger partial charge >= 0.3 is 0 Å². The smallest absolute Gasteiger partial charge is 0.257 e. The zero-order chi connectivity index (χ0) is 21.6. The van der Waals surface area contributed by atoms with Gasteiger partial charge in [0.15, 0.2) is 5.13 Å². The van der Waals surface area contributed by atoms with Crippen molar-refractivity contribution in [2.75, 3.05) is 11.9 Å². The van der Waals surface area contributed by atoms with E-state index in [1.54, 1.807) is 54.9 Å². The number of carbonyl (C=O) groups excluding carboxylic acids is 1. The summed E-state index contributed by atoms with van der Waals surface area (Å²) in [5.74, 6) is 2.13. The van der Waals surface area contributed by atoms with Gasteiger partial charge in [-0.05, 0) is 36.4 Å². The van der Waals surface area contributed by atoms with Crippen LogP contribution in [0, 0.1) is 6.92 Å². The van der Waals surface area contributed by atoms with Gasteiger partial charge in [0.25, 0.3) is 5.91 Å². The molecule has 0 aliphatic carbocycles. The number of carbonyl (C=O) groups is 1. The third-order valence-electron chi connectivity index (χ3n) is 4.03. The highest BCUT2D eigenvalue weighted by Crippen LogP contribution is 2.29. The van der Waals surface area contributed by atoms with Crippen molar-refractivity contribution in [2.45, 2.75) is 6.92 Å². The Morgan fingerprint density at radius 2 is 1.97 bits per heavy atom. The van der Waals surface area contributed by atoms with E-state index in [1.807, 2.05) is 12.1 Å². The van der Waals surface area contributed by atoms with Gasteiger partial charge in [-0.2, -0.15) is 0 Å². The highest BCUT2D eigenvalue weighted by Gasteiger charge is 2.13. The molecule has 0 fully saturated rings. The van der Waals surface area contributed by atoms with Crippen LogP contribution in [0.4, 0.5) is 5.13 Å². The van der Waals surface area contributed by atoms with E-state index in [2.05, 4.69) is 27.1 Å². The number of nitrogens with one attached hydrogen (secondary N) is 1. The van der Waals surface area contributed by atoms with E-state index in [-0.39, 0.29) is 5.91 Å². The van der Waals surface area contributed by atoms with Crippen LogP contribution in [0.1, 0.15) is 16.2 Å². The summed E-state index contributed by atoms with van der Waals surface area (Å²) in [4.78, 5) is 16.7. The molecule has 0 unspecified atom stereocenters. The van der Waals surface area contributed by atoms with Crippen molar-refractivity contribution in [3.63, 3.8) is 0 Å². The number of hydrogen-bond donors (Lipinski definition) is 1. The summed E-state index contributed by atoms with van der Waals surface area (Å²) in [5, 5.41) is 12.9. The maximum absolute atomic E-state index is 12.6. The minimum Gasteiger partial charge on any atom is -0.489 e. The van der Waals surface area contributed by atoms with Gasteiger partial charge in [-0.3, -0.25) is 10.1 Å². The lowest BCUT2D eigenvalue weighted by atomic mass is 10.2. The van der Waals surface area contributed by atoms with Crippen molar-refractivity contribution < 1.29 is 18.7 Å². The van der Waals surface area contributed by atoms with Crippen LogP contribution in [0.2, 0.25) is 0 Å². The summed E-state index contributed by atoms with van der Waals surface area (Å²) < 4.78 is 17.0. The molecule has 0 atom stereocenters. The second-order valence-electron chi connectivity index (χ2n) is 6.34. The third kappa shape index (κ3) is 5.14. The number of aryl methyl sites for hydroxylation is 1. The van der Waals surface area contributed by atoms with E-state index >= 15 is 0 Å². The average Bonchev–Trinajstić information content (AvgIpc) is 3.44. The summed E-state index contributed by atoms with van der Waals surface area (Å²) in [6.45, 7) is 5.68. The molecule has 31 heavy (non-hydrogen) atoms. The van der Waals surface area contributed by atoms with Crippen LogP contribution in [0.25, 0.3) is 11.5 Å². The number of aromatic nitrogens is 3. The number of benzene rings is 2. The molecule has 0 bridgehead atoms. The van der Waals surface area contributed by atoms with Gasteiger partial charge < -0.3 is 13.9 Å². The van der Waals surface area contributed by atoms with Gasteiger partial charge in [-0.15, -0.1) is 21.5 Å². The molecule has 9 heteroatoms. The molecule has 0 saturated heterocycles. The first-order valence-electron chi connectivity index (χ1n) is 9.29. The number of amides is 1. The molecule has 2 aromatic carbocycles. The summed E-state index contributed by atoms with van der Waals surface area (Å²) in [5.41, 5.74) is 1.16. The Morgan fingerprint density at radius 1 is 1.16 bits per heavy atom. The maximum Gasteiger partial charge on any atom is 0.257 e. The summed E-state index contributed by atoms with van der Waals surface area (Å²) in [6.07, 6.45) is 3.25. The molecule has 1 amide bonds. The summed E-state index contributed by atoms with van der Waals surface area (Å²) in [6, 6.07) is 12.2. The van der Waals surface area contributed by atoms with Gasteiger partial charge in [0.05, 0.1) is 0 Å². The Balaban J connectivity index is 1.56. The third-order valence-corrected chi connectivity index (χ3v) is 4.71. The molecule has 0 aliphatic heterocycles. The van der Waals surface area contributed by atoms with Crippen LogP contribution < -0.4 is 14.8 Å². The lowest BCUT2D eigenvalue weighted by molar-refractivity contribution is 0.102. The van der Waals surface area contributed by atoms with E-state index in [1.165, 1.54) is 11.3 Å². The quantitative estimate of drug-likeness (QED) is 0.385. The highest BCUT2D eigenvalue weighted by atomic mass is 32.1. The number of hydrogen-bond acceptors (Lipinski definition) is 8. The van der Waals surface area contributed by atoms with E-state index in [0.717, 1.165) is 5.56 Å². The van der Waals surface area contributed by atoms with Crippen molar-refractivity contribution in [2.24, 2.45) is 0 Å². The molecule has 0 saturated carbocycles. The van der Waals surface area contributed by atoms with Gasteiger partial charge in [0, 0.05) is 35.7 Å². The monoisotopic (exact) mass is 434 g/mol. The highest BCUT2D eigenvalue weighted by molar-refractivity contribution is 7.13. The van der Waals surface area contributed by atoms with Crippen LogP contribution in [0.15, 0.2) is 71.1 Å². The van der Waals surface area contributed by atoms with E-state index in [4.69, 9.17) is 13.9 Å². The summed E-state index contributed by atoms with van der Waals surface area (Å²) in [7, 11) is 0. The number of ether oxygens (including phenoxy) is 2. The number of thiazole rings is 1.